The minimum absolute atomic E-state index is 0.0379. The maximum absolute atomic E-state index is 12.8. The first-order chi connectivity index (χ1) is 14.1. The highest BCUT2D eigenvalue weighted by Crippen LogP contribution is 2.28. The SMILES string of the molecule is CCCc1ccc([C@H](N[C@@H](C)C(=O)Nc2ccccc2OC)c2cccs2)cc1. The number of aryl methyl sites for hydroxylation is 1. The van der Waals surface area contributed by atoms with Crippen molar-refractivity contribution in [2.75, 3.05) is 12.4 Å². The van der Waals surface area contributed by atoms with E-state index in [4.69, 9.17) is 4.74 Å². The van der Waals surface area contributed by atoms with Gasteiger partial charge in [0.05, 0.1) is 24.9 Å². The van der Waals surface area contributed by atoms with Crippen molar-refractivity contribution in [3.05, 3.63) is 82.0 Å². The Bertz CT molecular complexity index is 907. The Hall–Kier alpha value is -2.63. The molecule has 0 spiro atoms. The van der Waals surface area contributed by atoms with Crippen molar-refractivity contribution in [2.24, 2.45) is 0 Å². The lowest BCUT2D eigenvalue weighted by molar-refractivity contribution is -0.117. The number of nitrogens with one attached hydrogen (secondary N) is 2. The predicted octanol–water partition coefficient (Wildman–Crippen LogP) is 5.42. The number of carbonyl (C=O) groups is 1. The van der Waals surface area contributed by atoms with Gasteiger partial charge in [0.2, 0.25) is 5.91 Å². The number of para-hydroxylation sites is 2. The van der Waals surface area contributed by atoms with Gasteiger partial charge in [-0.3, -0.25) is 10.1 Å². The molecule has 0 unspecified atom stereocenters. The molecule has 0 aliphatic carbocycles. The summed E-state index contributed by atoms with van der Waals surface area (Å²) in [5, 5.41) is 8.53. The lowest BCUT2D eigenvalue weighted by Crippen LogP contribution is -2.40. The monoisotopic (exact) mass is 408 g/mol. The maximum atomic E-state index is 12.8. The number of rotatable bonds is 9. The number of thiophene rings is 1. The third kappa shape index (κ3) is 5.46. The summed E-state index contributed by atoms with van der Waals surface area (Å²) in [7, 11) is 1.60. The fourth-order valence-electron chi connectivity index (χ4n) is 3.28. The molecule has 0 radical (unpaired) electrons. The number of hydrogen-bond donors (Lipinski definition) is 2. The van der Waals surface area contributed by atoms with Crippen molar-refractivity contribution < 1.29 is 9.53 Å². The van der Waals surface area contributed by atoms with Gasteiger partial charge in [0.15, 0.2) is 0 Å². The van der Waals surface area contributed by atoms with E-state index in [9.17, 15) is 4.79 Å². The van der Waals surface area contributed by atoms with Crippen LogP contribution >= 0.6 is 11.3 Å². The van der Waals surface area contributed by atoms with Crippen LogP contribution in [0, 0.1) is 0 Å². The fraction of sp³-hybridized carbons (Fsp3) is 0.292. The molecule has 1 amide bonds. The third-order valence-corrected chi connectivity index (χ3v) is 5.79. The summed E-state index contributed by atoms with van der Waals surface area (Å²) in [6.07, 6.45) is 2.21. The van der Waals surface area contributed by atoms with Crippen molar-refractivity contribution in [3.8, 4) is 5.75 Å². The largest absolute Gasteiger partial charge is 0.495 e. The second kappa shape index (κ2) is 10.2. The summed E-state index contributed by atoms with van der Waals surface area (Å²) < 4.78 is 5.33. The van der Waals surface area contributed by atoms with Gasteiger partial charge in [0, 0.05) is 4.88 Å². The number of benzene rings is 2. The summed E-state index contributed by atoms with van der Waals surface area (Å²) >= 11 is 1.69. The number of methoxy groups -OCH3 is 1. The van der Waals surface area contributed by atoms with Crippen molar-refractivity contribution in [2.45, 2.75) is 38.8 Å². The van der Waals surface area contributed by atoms with Crippen LogP contribution in [0.4, 0.5) is 5.69 Å². The molecule has 0 aliphatic rings. The number of hydrogen-bond acceptors (Lipinski definition) is 4. The molecule has 5 heteroatoms. The van der Waals surface area contributed by atoms with Gasteiger partial charge in [0.25, 0.3) is 0 Å². The summed E-state index contributed by atoms with van der Waals surface area (Å²) in [6.45, 7) is 4.07. The second-order valence-electron chi connectivity index (χ2n) is 7.02. The number of anilines is 1. The van der Waals surface area contributed by atoms with Gasteiger partial charge >= 0.3 is 0 Å². The number of ether oxygens (including phenoxy) is 1. The molecule has 152 valence electrons. The van der Waals surface area contributed by atoms with Gasteiger partial charge < -0.3 is 10.1 Å². The van der Waals surface area contributed by atoms with E-state index in [0.717, 1.165) is 18.4 Å². The second-order valence-corrected chi connectivity index (χ2v) is 8.00. The molecule has 0 fully saturated rings. The first kappa shape index (κ1) is 21.1. The first-order valence-corrected chi connectivity index (χ1v) is 10.8. The van der Waals surface area contributed by atoms with Crippen molar-refractivity contribution in [3.63, 3.8) is 0 Å². The van der Waals surface area contributed by atoms with E-state index >= 15 is 0 Å². The van der Waals surface area contributed by atoms with Crippen molar-refractivity contribution >= 4 is 22.9 Å². The fourth-order valence-corrected chi connectivity index (χ4v) is 4.09. The minimum Gasteiger partial charge on any atom is -0.495 e. The number of amides is 1. The van der Waals surface area contributed by atoms with E-state index in [1.54, 1.807) is 18.4 Å². The molecular weight excluding hydrogens is 380 g/mol. The van der Waals surface area contributed by atoms with Gasteiger partial charge in [-0.2, -0.15) is 0 Å². The zero-order valence-corrected chi connectivity index (χ0v) is 18.0. The number of carbonyl (C=O) groups excluding carboxylic acids is 1. The third-order valence-electron chi connectivity index (χ3n) is 4.85. The van der Waals surface area contributed by atoms with E-state index in [1.165, 1.54) is 10.4 Å². The predicted molar refractivity (Wildman–Crippen MR) is 121 cm³/mol. The molecular formula is C24H28N2O2S. The quantitative estimate of drug-likeness (QED) is 0.497. The van der Waals surface area contributed by atoms with Gasteiger partial charge in [-0.15, -0.1) is 11.3 Å². The van der Waals surface area contributed by atoms with E-state index in [2.05, 4.69) is 53.3 Å². The Balaban J connectivity index is 1.76. The highest BCUT2D eigenvalue weighted by atomic mass is 32.1. The molecule has 1 heterocycles. The van der Waals surface area contributed by atoms with Gasteiger partial charge in [0.1, 0.15) is 5.75 Å². The Morgan fingerprint density at radius 3 is 2.48 bits per heavy atom. The first-order valence-electron chi connectivity index (χ1n) is 9.94. The van der Waals surface area contributed by atoms with Crippen LogP contribution in [-0.4, -0.2) is 19.1 Å². The van der Waals surface area contributed by atoms with Crippen LogP contribution in [0.1, 0.15) is 42.3 Å². The van der Waals surface area contributed by atoms with Gasteiger partial charge in [-0.1, -0.05) is 55.8 Å². The summed E-state index contributed by atoms with van der Waals surface area (Å²) in [5.74, 6) is 0.549. The molecule has 3 aromatic rings. The van der Waals surface area contributed by atoms with E-state index in [0.29, 0.717) is 11.4 Å². The normalized spacial score (nSPS) is 12.9. The lowest BCUT2D eigenvalue weighted by atomic mass is 10.0. The van der Waals surface area contributed by atoms with Gasteiger partial charge in [-0.05, 0) is 48.1 Å². The molecule has 4 nitrogen and oxygen atoms in total. The van der Waals surface area contributed by atoms with Crippen LogP contribution in [0.3, 0.4) is 0 Å². The van der Waals surface area contributed by atoms with Crippen LogP contribution in [0.2, 0.25) is 0 Å². The van der Waals surface area contributed by atoms with Crippen LogP contribution in [0.15, 0.2) is 66.0 Å². The summed E-state index contributed by atoms with van der Waals surface area (Å²) in [6, 6.07) is 19.8. The molecule has 2 aromatic carbocycles. The molecule has 1 aromatic heterocycles. The molecule has 0 saturated carbocycles. The van der Waals surface area contributed by atoms with Crippen molar-refractivity contribution in [1.29, 1.82) is 0 Å². The van der Waals surface area contributed by atoms with Crippen LogP contribution in [0.25, 0.3) is 0 Å². The molecule has 3 rings (SSSR count). The highest BCUT2D eigenvalue weighted by molar-refractivity contribution is 7.10. The smallest absolute Gasteiger partial charge is 0.241 e. The Morgan fingerprint density at radius 2 is 1.83 bits per heavy atom. The summed E-state index contributed by atoms with van der Waals surface area (Å²) in [5.41, 5.74) is 3.16. The molecule has 2 N–H and O–H groups in total. The van der Waals surface area contributed by atoms with Crippen LogP contribution in [0.5, 0.6) is 5.75 Å². The van der Waals surface area contributed by atoms with Crippen LogP contribution in [-0.2, 0) is 11.2 Å². The van der Waals surface area contributed by atoms with E-state index in [1.807, 2.05) is 37.3 Å². The minimum atomic E-state index is -0.387. The highest BCUT2D eigenvalue weighted by Gasteiger charge is 2.22. The summed E-state index contributed by atoms with van der Waals surface area (Å²) in [4.78, 5) is 14.0. The van der Waals surface area contributed by atoms with Crippen LogP contribution < -0.4 is 15.4 Å². The van der Waals surface area contributed by atoms with E-state index in [-0.39, 0.29) is 18.0 Å². The average molecular weight is 409 g/mol. The lowest BCUT2D eigenvalue weighted by Gasteiger charge is -2.23. The molecule has 0 saturated heterocycles. The Morgan fingerprint density at radius 1 is 1.07 bits per heavy atom. The molecule has 0 aliphatic heterocycles. The van der Waals surface area contributed by atoms with Gasteiger partial charge in [-0.25, -0.2) is 0 Å². The maximum Gasteiger partial charge on any atom is 0.241 e. The zero-order chi connectivity index (χ0) is 20.6. The molecule has 2 atom stereocenters. The average Bonchev–Trinajstić information content (AvgIpc) is 3.27. The standard InChI is InChI=1S/C24H28N2O2S/c1-4-8-18-12-14-19(15-13-18)23(22-11-7-16-29-22)25-17(2)24(27)26-20-9-5-6-10-21(20)28-3/h5-7,9-17,23,25H,4,8H2,1-3H3,(H,26,27)/t17-,23-/m0/s1. The van der Waals surface area contributed by atoms with Crippen molar-refractivity contribution in [1.82, 2.24) is 5.32 Å². The van der Waals surface area contributed by atoms with E-state index < -0.39 is 0 Å². The zero-order valence-electron chi connectivity index (χ0n) is 17.1. The topological polar surface area (TPSA) is 50.4 Å². The molecule has 29 heavy (non-hydrogen) atoms. The Kier molecular flexibility index (Phi) is 7.44. The molecule has 0 bridgehead atoms. The Labute approximate surface area is 176 Å².